The van der Waals surface area contributed by atoms with E-state index in [1.54, 1.807) is 12.1 Å². The third-order valence-electron chi connectivity index (χ3n) is 4.10. The maximum atomic E-state index is 13.4. The molecule has 4 rings (SSSR count). The van der Waals surface area contributed by atoms with E-state index in [1.807, 2.05) is 29.6 Å². The zero-order chi connectivity index (χ0) is 18.3. The number of hydrogen-bond acceptors (Lipinski definition) is 3. The van der Waals surface area contributed by atoms with Crippen molar-refractivity contribution in [2.75, 3.05) is 0 Å². The summed E-state index contributed by atoms with van der Waals surface area (Å²) < 4.78 is 15.5. The van der Waals surface area contributed by atoms with Crippen molar-refractivity contribution in [1.29, 1.82) is 0 Å². The number of rotatable bonds is 3. The first-order chi connectivity index (χ1) is 12.5. The number of fused-ring (bicyclic) bond motifs is 1. The third kappa shape index (κ3) is 3.04. The minimum atomic E-state index is -0.504. The molecule has 0 atom stereocenters. The Balaban J connectivity index is 1.89. The van der Waals surface area contributed by atoms with E-state index >= 15 is 0 Å². The molecule has 0 aliphatic heterocycles. The quantitative estimate of drug-likeness (QED) is 0.524. The van der Waals surface area contributed by atoms with Crippen LogP contribution in [0.3, 0.4) is 0 Å². The lowest BCUT2D eigenvalue weighted by molar-refractivity contribution is 0.621. The van der Waals surface area contributed by atoms with Gasteiger partial charge in [0.1, 0.15) is 10.6 Å². The molecule has 0 saturated carbocycles. The minimum absolute atomic E-state index is 0.0114. The van der Waals surface area contributed by atoms with Crippen LogP contribution in [0.1, 0.15) is 5.56 Å². The van der Waals surface area contributed by atoms with Gasteiger partial charge < -0.3 is 0 Å². The Labute approximate surface area is 159 Å². The number of aromatic nitrogens is 2. The standard InChI is InChI=1S/C19H12BrFN2O2S/c20-13-6-4-12(5-7-13)15-10-26-17-16(15)18(24)23(19(25)22-17)9-11-2-1-3-14(21)8-11/h1-8,10H,9H2,(H,22,25). The van der Waals surface area contributed by atoms with E-state index in [2.05, 4.69) is 20.9 Å². The van der Waals surface area contributed by atoms with Crippen LogP contribution in [-0.2, 0) is 6.54 Å². The molecule has 1 N–H and O–H groups in total. The number of H-pyrrole nitrogens is 1. The summed E-state index contributed by atoms with van der Waals surface area (Å²) in [5, 5.41) is 2.32. The zero-order valence-corrected chi connectivity index (χ0v) is 15.7. The van der Waals surface area contributed by atoms with Crippen LogP contribution in [0.4, 0.5) is 4.39 Å². The molecule has 0 bridgehead atoms. The predicted octanol–water partition coefficient (Wildman–Crippen LogP) is 4.37. The molecule has 26 heavy (non-hydrogen) atoms. The van der Waals surface area contributed by atoms with Crippen LogP contribution >= 0.6 is 27.3 Å². The van der Waals surface area contributed by atoms with Crippen LogP contribution in [0.5, 0.6) is 0 Å². The first-order valence-corrected chi connectivity index (χ1v) is 9.45. The Bertz CT molecular complexity index is 1220. The summed E-state index contributed by atoms with van der Waals surface area (Å²) in [5.74, 6) is -0.404. The summed E-state index contributed by atoms with van der Waals surface area (Å²) in [6.45, 7) is 0.0114. The van der Waals surface area contributed by atoms with Gasteiger partial charge in [-0.25, -0.2) is 9.18 Å². The van der Waals surface area contributed by atoms with Crippen LogP contribution in [0, 0.1) is 5.82 Å². The van der Waals surface area contributed by atoms with Gasteiger partial charge in [0.2, 0.25) is 0 Å². The van der Waals surface area contributed by atoms with Gasteiger partial charge in [0.05, 0.1) is 11.9 Å². The molecule has 2 aromatic carbocycles. The van der Waals surface area contributed by atoms with Crippen molar-refractivity contribution >= 4 is 37.5 Å². The Morgan fingerprint density at radius 1 is 1.12 bits per heavy atom. The number of hydrogen-bond donors (Lipinski definition) is 1. The van der Waals surface area contributed by atoms with E-state index in [0.717, 1.165) is 20.2 Å². The Kier molecular flexibility index (Phi) is 4.34. The van der Waals surface area contributed by atoms with Gasteiger partial charge in [-0.05, 0) is 35.4 Å². The number of thiophene rings is 1. The fraction of sp³-hybridized carbons (Fsp3) is 0.0526. The van der Waals surface area contributed by atoms with E-state index < -0.39 is 11.5 Å². The highest BCUT2D eigenvalue weighted by Crippen LogP contribution is 2.31. The van der Waals surface area contributed by atoms with Crippen LogP contribution in [-0.4, -0.2) is 9.55 Å². The summed E-state index contributed by atoms with van der Waals surface area (Å²) >= 11 is 4.71. The second kappa shape index (κ2) is 6.66. The molecule has 0 amide bonds. The average Bonchev–Trinajstić information content (AvgIpc) is 3.03. The molecule has 130 valence electrons. The Morgan fingerprint density at radius 2 is 1.88 bits per heavy atom. The number of nitrogens with zero attached hydrogens (tertiary/aromatic N) is 1. The van der Waals surface area contributed by atoms with Gasteiger partial charge >= 0.3 is 5.69 Å². The van der Waals surface area contributed by atoms with E-state index in [1.165, 1.54) is 23.5 Å². The fourth-order valence-electron chi connectivity index (χ4n) is 2.86. The lowest BCUT2D eigenvalue weighted by Crippen LogP contribution is -2.35. The van der Waals surface area contributed by atoms with Crippen molar-refractivity contribution in [3.8, 4) is 11.1 Å². The van der Waals surface area contributed by atoms with Gasteiger partial charge in [0.15, 0.2) is 0 Å². The van der Waals surface area contributed by atoms with E-state index in [-0.39, 0.29) is 12.1 Å². The topological polar surface area (TPSA) is 54.9 Å². The molecule has 0 aliphatic rings. The smallest absolute Gasteiger partial charge is 0.298 e. The lowest BCUT2D eigenvalue weighted by atomic mass is 10.1. The van der Waals surface area contributed by atoms with Crippen molar-refractivity contribution in [3.05, 3.63) is 90.6 Å². The van der Waals surface area contributed by atoms with Crippen molar-refractivity contribution < 1.29 is 4.39 Å². The van der Waals surface area contributed by atoms with Gasteiger partial charge in [-0.15, -0.1) is 11.3 Å². The van der Waals surface area contributed by atoms with Crippen molar-refractivity contribution in [1.82, 2.24) is 9.55 Å². The summed E-state index contributed by atoms with van der Waals surface area (Å²) in [6.07, 6.45) is 0. The molecular weight excluding hydrogens is 419 g/mol. The number of halogens is 2. The third-order valence-corrected chi connectivity index (χ3v) is 5.52. The van der Waals surface area contributed by atoms with Gasteiger partial charge in [0, 0.05) is 15.4 Å². The molecule has 2 heterocycles. The van der Waals surface area contributed by atoms with Crippen LogP contribution in [0.15, 0.2) is 68.0 Å². The molecule has 0 saturated heterocycles. The second-order valence-corrected chi connectivity index (χ2v) is 7.61. The molecule has 0 fully saturated rings. The molecule has 0 unspecified atom stereocenters. The van der Waals surface area contributed by atoms with Gasteiger partial charge in [-0.3, -0.25) is 14.3 Å². The minimum Gasteiger partial charge on any atom is -0.298 e. The average molecular weight is 431 g/mol. The summed E-state index contributed by atoms with van der Waals surface area (Å²) in [7, 11) is 0. The number of nitrogens with one attached hydrogen (secondary N) is 1. The summed E-state index contributed by atoms with van der Waals surface area (Å²) in [6, 6.07) is 13.5. The lowest BCUT2D eigenvalue weighted by Gasteiger charge is -2.06. The number of benzene rings is 2. The predicted molar refractivity (Wildman–Crippen MR) is 105 cm³/mol. The fourth-order valence-corrected chi connectivity index (χ4v) is 4.07. The Morgan fingerprint density at radius 3 is 2.62 bits per heavy atom. The summed E-state index contributed by atoms with van der Waals surface area (Å²) in [4.78, 5) is 28.6. The SMILES string of the molecule is O=c1[nH]c2scc(-c3ccc(Br)cc3)c2c(=O)n1Cc1cccc(F)c1. The Hall–Kier alpha value is -2.51. The van der Waals surface area contributed by atoms with Crippen molar-refractivity contribution in [3.63, 3.8) is 0 Å². The normalized spacial score (nSPS) is 11.2. The largest absolute Gasteiger partial charge is 0.329 e. The summed E-state index contributed by atoms with van der Waals surface area (Å²) in [5.41, 5.74) is 1.33. The molecular formula is C19H12BrFN2O2S. The maximum Gasteiger partial charge on any atom is 0.329 e. The molecule has 2 aromatic heterocycles. The first-order valence-electron chi connectivity index (χ1n) is 7.77. The highest BCUT2D eigenvalue weighted by molar-refractivity contribution is 9.10. The molecule has 0 spiro atoms. The van der Waals surface area contributed by atoms with Crippen molar-refractivity contribution in [2.24, 2.45) is 0 Å². The van der Waals surface area contributed by atoms with E-state index in [0.29, 0.717) is 15.8 Å². The molecule has 4 nitrogen and oxygen atoms in total. The van der Waals surface area contributed by atoms with Gasteiger partial charge in [0.25, 0.3) is 5.56 Å². The van der Waals surface area contributed by atoms with Crippen molar-refractivity contribution in [2.45, 2.75) is 6.54 Å². The van der Waals surface area contributed by atoms with E-state index in [4.69, 9.17) is 0 Å². The van der Waals surface area contributed by atoms with E-state index in [9.17, 15) is 14.0 Å². The van der Waals surface area contributed by atoms with Crippen LogP contribution in [0.25, 0.3) is 21.3 Å². The monoisotopic (exact) mass is 430 g/mol. The maximum absolute atomic E-state index is 13.4. The van der Waals surface area contributed by atoms with Gasteiger partial charge in [-0.1, -0.05) is 40.2 Å². The first kappa shape index (κ1) is 16.9. The molecule has 7 heteroatoms. The highest BCUT2D eigenvalue weighted by Gasteiger charge is 2.15. The molecule has 0 radical (unpaired) electrons. The number of aromatic amines is 1. The second-order valence-electron chi connectivity index (χ2n) is 5.81. The highest BCUT2D eigenvalue weighted by atomic mass is 79.9. The van der Waals surface area contributed by atoms with Crippen LogP contribution < -0.4 is 11.2 Å². The zero-order valence-electron chi connectivity index (χ0n) is 13.3. The van der Waals surface area contributed by atoms with Gasteiger partial charge in [-0.2, -0.15) is 0 Å². The molecule has 4 aromatic rings. The van der Waals surface area contributed by atoms with Crippen LogP contribution in [0.2, 0.25) is 0 Å². The molecule has 0 aliphatic carbocycles.